The van der Waals surface area contributed by atoms with Crippen LogP contribution < -0.4 is 10.6 Å². The van der Waals surface area contributed by atoms with Crippen LogP contribution in [0.2, 0.25) is 0 Å². The third-order valence-electron chi connectivity index (χ3n) is 4.57. The van der Waals surface area contributed by atoms with E-state index >= 15 is 0 Å². The van der Waals surface area contributed by atoms with Gasteiger partial charge in [0.2, 0.25) is 0 Å². The highest BCUT2D eigenvalue weighted by Crippen LogP contribution is 2.17. The third-order valence-corrected chi connectivity index (χ3v) is 5.39. The minimum Gasteiger partial charge on any atom is -0.356 e. The lowest BCUT2D eigenvalue weighted by molar-refractivity contribution is 0.147. The molecule has 0 amide bonds. The standard InChI is InChI=1S/C17H31N5S/c1-13-6-9-22(10-7-13)14(2)11-20-17(18-4)19-8-5-16-12-23-15(3)21-16/h12-14H,5-11H2,1-4H3,(H2,18,19,20). The summed E-state index contributed by atoms with van der Waals surface area (Å²) in [6.45, 7) is 10.9. The number of piperidine rings is 1. The number of guanidine groups is 1. The highest BCUT2D eigenvalue weighted by atomic mass is 32.1. The Morgan fingerprint density at radius 3 is 2.78 bits per heavy atom. The van der Waals surface area contributed by atoms with E-state index in [9.17, 15) is 0 Å². The molecule has 0 bridgehead atoms. The number of hydrogen-bond acceptors (Lipinski definition) is 4. The van der Waals surface area contributed by atoms with Crippen LogP contribution in [0.4, 0.5) is 0 Å². The molecule has 6 heteroatoms. The van der Waals surface area contributed by atoms with E-state index in [1.165, 1.54) is 25.9 Å². The molecule has 0 radical (unpaired) electrons. The lowest BCUT2D eigenvalue weighted by Crippen LogP contribution is -2.48. The Morgan fingerprint density at radius 1 is 1.43 bits per heavy atom. The molecule has 0 aromatic carbocycles. The molecule has 0 spiro atoms. The average Bonchev–Trinajstić information content (AvgIpc) is 2.96. The van der Waals surface area contributed by atoms with Crippen LogP contribution in [0.25, 0.3) is 0 Å². The summed E-state index contributed by atoms with van der Waals surface area (Å²) in [5.74, 6) is 1.77. The second kappa shape index (κ2) is 9.23. The van der Waals surface area contributed by atoms with Gasteiger partial charge in [-0.25, -0.2) is 4.98 Å². The van der Waals surface area contributed by atoms with Gasteiger partial charge < -0.3 is 10.6 Å². The van der Waals surface area contributed by atoms with Gasteiger partial charge in [-0.1, -0.05) is 6.92 Å². The number of aromatic nitrogens is 1. The fourth-order valence-corrected chi connectivity index (χ4v) is 3.54. The molecule has 130 valence electrons. The van der Waals surface area contributed by atoms with E-state index in [2.05, 4.69) is 44.7 Å². The summed E-state index contributed by atoms with van der Waals surface area (Å²) < 4.78 is 0. The molecule has 1 aliphatic rings. The van der Waals surface area contributed by atoms with Gasteiger partial charge in [0.15, 0.2) is 5.96 Å². The molecule has 1 saturated heterocycles. The van der Waals surface area contributed by atoms with Gasteiger partial charge in [-0.15, -0.1) is 11.3 Å². The summed E-state index contributed by atoms with van der Waals surface area (Å²) in [7, 11) is 1.83. The first-order valence-corrected chi connectivity index (χ1v) is 9.56. The minimum absolute atomic E-state index is 0.544. The van der Waals surface area contributed by atoms with Crippen LogP contribution in [-0.4, -0.2) is 55.1 Å². The zero-order chi connectivity index (χ0) is 16.7. The van der Waals surface area contributed by atoms with E-state index < -0.39 is 0 Å². The highest BCUT2D eigenvalue weighted by molar-refractivity contribution is 7.09. The molecule has 1 atom stereocenters. The number of hydrogen-bond donors (Lipinski definition) is 2. The van der Waals surface area contributed by atoms with E-state index in [0.29, 0.717) is 6.04 Å². The van der Waals surface area contributed by atoms with Crippen LogP contribution >= 0.6 is 11.3 Å². The molecule has 1 unspecified atom stereocenters. The number of likely N-dealkylation sites (tertiary alicyclic amines) is 1. The maximum atomic E-state index is 4.49. The van der Waals surface area contributed by atoms with Crippen LogP contribution in [0.15, 0.2) is 10.4 Å². The Hall–Kier alpha value is -1.14. The molecule has 2 N–H and O–H groups in total. The number of nitrogens with zero attached hydrogens (tertiary/aromatic N) is 3. The predicted molar refractivity (Wildman–Crippen MR) is 99.4 cm³/mol. The molecule has 1 fully saturated rings. The Labute approximate surface area is 144 Å². The van der Waals surface area contributed by atoms with E-state index in [0.717, 1.165) is 42.1 Å². The zero-order valence-corrected chi connectivity index (χ0v) is 15.7. The van der Waals surface area contributed by atoms with Crippen molar-refractivity contribution in [2.75, 3.05) is 33.2 Å². The fourth-order valence-electron chi connectivity index (χ4n) is 2.90. The molecule has 2 rings (SSSR count). The maximum Gasteiger partial charge on any atom is 0.191 e. The number of nitrogens with one attached hydrogen (secondary N) is 2. The van der Waals surface area contributed by atoms with Crippen molar-refractivity contribution >= 4 is 17.3 Å². The monoisotopic (exact) mass is 337 g/mol. The first-order valence-electron chi connectivity index (χ1n) is 8.68. The Balaban J connectivity index is 1.66. The smallest absolute Gasteiger partial charge is 0.191 e. The molecular formula is C17H31N5S. The van der Waals surface area contributed by atoms with Crippen molar-refractivity contribution in [2.45, 2.75) is 46.1 Å². The molecule has 1 aromatic rings. The average molecular weight is 338 g/mol. The summed E-state index contributed by atoms with van der Waals surface area (Å²) >= 11 is 1.71. The van der Waals surface area contributed by atoms with E-state index in [1.54, 1.807) is 11.3 Å². The van der Waals surface area contributed by atoms with Gasteiger partial charge in [0.25, 0.3) is 0 Å². The molecule has 23 heavy (non-hydrogen) atoms. The van der Waals surface area contributed by atoms with Gasteiger partial charge in [0.1, 0.15) is 0 Å². The molecule has 5 nitrogen and oxygen atoms in total. The normalized spacial score (nSPS) is 18.9. The molecule has 1 aliphatic heterocycles. The number of thiazole rings is 1. The highest BCUT2D eigenvalue weighted by Gasteiger charge is 2.20. The van der Waals surface area contributed by atoms with Crippen LogP contribution in [0.1, 0.15) is 37.4 Å². The summed E-state index contributed by atoms with van der Waals surface area (Å²) in [5.41, 5.74) is 1.16. The topological polar surface area (TPSA) is 52.6 Å². The minimum atomic E-state index is 0.544. The Bertz CT molecular complexity index is 491. The van der Waals surface area contributed by atoms with Gasteiger partial charge >= 0.3 is 0 Å². The summed E-state index contributed by atoms with van der Waals surface area (Å²) in [6, 6.07) is 0.544. The Morgan fingerprint density at radius 2 is 2.17 bits per heavy atom. The molecule has 0 saturated carbocycles. The lowest BCUT2D eigenvalue weighted by Gasteiger charge is -2.35. The van der Waals surface area contributed by atoms with E-state index in [4.69, 9.17) is 0 Å². The molecule has 1 aromatic heterocycles. The van der Waals surface area contributed by atoms with Gasteiger partial charge in [-0.2, -0.15) is 0 Å². The number of aliphatic imine (C=N–C) groups is 1. The van der Waals surface area contributed by atoms with Crippen LogP contribution in [-0.2, 0) is 6.42 Å². The predicted octanol–water partition coefficient (Wildman–Crippen LogP) is 2.28. The molecule has 0 aliphatic carbocycles. The largest absolute Gasteiger partial charge is 0.356 e. The van der Waals surface area contributed by atoms with Crippen molar-refractivity contribution in [3.8, 4) is 0 Å². The van der Waals surface area contributed by atoms with E-state index in [-0.39, 0.29) is 0 Å². The number of aryl methyl sites for hydroxylation is 1. The quantitative estimate of drug-likeness (QED) is 0.618. The number of rotatable bonds is 6. The molecular weight excluding hydrogens is 306 g/mol. The van der Waals surface area contributed by atoms with Gasteiger partial charge in [-0.3, -0.25) is 9.89 Å². The van der Waals surface area contributed by atoms with Gasteiger partial charge in [0.05, 0.1) is 10.7 Å². The fraction of sp³-hybridized carbons (Fsp3) is 0.765. The SMILES string of the molecule is CN=C(NCCc1csc(C)n1)NCC(C)N1CCC(C)CC1. The van der Waals surface area contributed by atoms with E-state index in [1.807, 2.05) is 14.0 Å². The lowest BCUT2D eigenvalue weighted by atomic mass is 9.98. The molecule has 2 heterocycles. The van der Waals surface area contributed by atoms with Crippen LogP contribution in [0.3, 0.4) is 0 Å². The second-order valence-corrected chi connectivity index (χ2v) is 7.62. The summed E-state index contributed by atoms with van der Waals surface area (Å²) in [6.07, 6.45) is 3.58. The van der Waals surface area contributed by atoms with Crippen molar-refractivity contribution in [2.24, 2.45) is 10.9 Å². The van der Waals surface area contributed by atoms with Crippen molar-refractivity contribution in [1.82, 2.24) is 20.5 Å². The first kappa shape index (κ1) is 18.2. The first-order chi connectivity index (χ1) is 11.1. The van der Waals surface area contributed by atoms with Crippen molar-refractivity contribution in [3.05, 3.63) is 16.1 Å². The van der Waals surface area contributed by atoms with Crippen molar-refractivity contribution in [1.29, 1.82) is 0 Å². The second-order valence-electron chi connectivity index (χ2n) is 6.56. The van der Waals surface area contributed by atoms with Crippen LogP contribution in [0, 0.1) is 12.8 Å². The third kappa shape index (κ3) is 6.11. The van der Waals surface area contributed by atoms with Crippen molar-refractivity contribution in [3.63, 3.8) is 0 Å². The van der Waals surface area contributed by atoms with Gasteiger partial charge in [0, 0.05) is 38.0 Å². The zero-order valence-electron chi connectivity index (χ0n) is 14.9. The van der Waals surface area contributed by atoms with Crippen molar-refractivity contribution < 1.29 is 0 Å². The van der Waals surface area contributed by atoms with Crippen LogP contribution in [0.5, 0.6) is 0 Å². The maximum absolute atomic E-state index is 4.49. The summed E-state index contributed by atoms with van der Waals surface area (Å²) in [4.78, 5) is 11.4. The Kier molecular flexibility index (Phi) is 7.30. The van der Waals surface area contributed by atoms with Gasteiger partial charge in [-0.05, 0) is 45.7 Å². The summed E-state index contributed by atoms with van der Waals surface area (Å²) in [5, 5.41) is 10.1.